The lowest BCUT2D eigenvalue weighted by Crippen LogP contribution is -2.48. The van der Waals surface area contributed by atoms with Crippen LogP contribution in [0.1, 0.15) is 40.5 Å². The van der Waals surface area contributed by atoms with E-state index in [1.165, 1.54) is 0 Å². The van der Waals surface area contributed by atoms with Gasteiger partial charge in [-0.15, -0.1) is 24.0 Å². The van der Waals surface area contributed by atoms with Gasteiger partial charge in [0.25, 0.3) is 0 Å². The van der Waals surface area contributed by atoms with Crippen LogP contribution in [-0.2, 0) is 9.47 Å². The summed E-state index contributed by atoms with van der Waals surface area (Å²) in [5, 5.41) is 3.23. The van der Waals surface area contributed by atoms with Gasteiger partial charge in [-0.2, -0.15) is 0 Å². The van der Waals surface area contributed by atoms with E-state index in [9.17, 15) is 4.79 Å². The third kappa shape index (κ3) is 7.87. The minimum absolute atomic E-state index is 0. The highest BCUT2D eigenvalue weighted by molar-refractivity contribution is 14.0. The van der Waals surface area contributed by atoms with Crippen molar-refractivity contribution in [3.05, 3.63) is 0 Å². The highest BCUT2D eigenvalue weighted by atomic mass is 127. The van der Waals surface area contributed by atoms with Gasteiger partial charge in [-0.3, -0.25) is 4.99 Å². The Labute approximate surface area is 162 Å². The Morgan fingerprint density at radius 2 is 1.96 bits per heavy atom. The Morgan fingerprint density at radius 3 is 2.42 bits per heavy atom. The van der Waals surface area contributed by atoms with E-state index in [-0.39, 0.29) is 47.6 Å². The Bertz CT molecular complexity index is 405. The summed E-state index contributed by atoms with van der Waals surface area (Å²) in [6.45, 7) is 10.4. The van der Waals surface area contributed by atoms with Crippen molar-refractivity contribution in [2.75, 3.05) is 33.4 Å². The van der Waals surface area contributed by atoms with Crippen LogP contribution >= 0.6 is 24.0 Å². The van der Waals surface area contributed by atoms with Gasteiger partial charge < -0.3 is 25.4 Å². The molecule has 0 bridgehead atoms. The van der Waals surface area contributed by atoms with Gasteiger partial charge in [0.15, 0.2) is 5.96 Å². The number of nitrogens with zero attached hydrogens (tertiary/aromatic N) is 2. The number of hydrogen-bond donors (Lipinski definition) is 2. The van der Waals surface area contributed by atoms with Crippen LogP contribution in [0, 0.1) is 5.41 Å². The molecule has 1 amide bonds. The maximum Gasteiger partial charge on any atom is 0.409 e. The van der Waals surface area contributed by atoms with E-state index in [1.54, 1.807) is 12.0 Å². The Hall–Kier alpha value is -0.770. The predicted molar refractivity (Wildman–Crippen MR) is 107 cm³/mol. The molecule has 1 saturated heterocycles. The number of amides is 1. The van der Waals surface area contributed by atoms with Crippen LogP contribution in [0.5, 0.6) is 0 Å². The molecule has 0 saturated carbocycles. The van der Waals surface area contributed by atoms with Gasteiger partial charge in [0.05, 0.1) is 19.3 Å². The smallest absolute Gasteiger partial charge is 0.409 e. The summed E-state index contributed by atoms with van der Waals surface area (Å²) in [4.78, 5) is 17.8. The summed E-state index contributed by atoms with van der Waals surface area (Å²) in [7, 11) is 1.69. The van der Waals surface area contributed by atoms with E-state index < -0.39 is 0 Å². The lowest BCUT2D eigenvalue weighted by atomic mass is 9.89. The molecule has 0 aromatic carbocycles. The number of nitrogens with two attached hydrogens (primary N) is 1. The van der Waals surface area contributed by atoms with Crippen LogP contribution < -0.4 is 11.1 Å². The first-order valence-electron chi connectivity index (χ1n) is 8.28. The molecule has 0 aromatic rings. The summed E-state index contributed by atoms with van der Waals surface area (Å²) in [5.41, 5.74) is 5.99. The normalized spacial score (nSPS) is 17.9. The average molecular weight is 456 g/mol. The fourth-order valence-electron chi connectivity index (χ4n) is 2.56. The van der Waals surface area contributed by atoms with Gasteiger partial charge in [0.2, 0.25) is 0 Å². The molecule has 8 heteroatoms. The molecule has 1 aliphatic rings. The van der Waals surface area contributed by atoms with Crippen LogP contribution in [0.3, 0.4) is 0 Å². The summed E-state index contributed by atoms with van der Waals surface area (Å²) in [5.74, 6) is 0.436. The number of carbonyl (C=O) groups is 1. The summed E-state index contributed by atoms with van der Waals surface area (Å²) in [6, 6.07) is 0.236. The van der Waals surface area contributed by atoms with E-state index in [4.69, 9.17) is 15.2 Å². The monoisotopic (exact) mass is 456 g/mol. The molecule has 1 fully saturated rings. The van der Waals surface area contributed by atoms with E-state index in [2.05, 4.69) is 31.1 Å². The predicted octanol–water partition coefficient (Wildman–Crippen LogP) is 2.19. The van der Waals surface area contributed by atoms with Crippen LogP contribution in [0.15, 0.2) is 4.99 Å². The quantitative estimate of drug-likeness (QED) is 0.376. The summed E-state index contributed by atoms with van der Waals surface area (Å²) >= 11 is 0. The second-order valence-electron chi connectivity index (χ2n) is 6.92. The number of nitrogens with one attached hydrogen (secondary N) is 1. The van der Waals surface area contributed by atoms with Crippen LogP contribution in [0.25, 0.3) is 0 Å². The first kappa shape index (κ1) is 23.2. The lowest BCUT2D eigenvalue weighted by Gasteiger charge is -2.32. The zero-order valence-corrected chi connectivity index (χ0v) is 17.8. The topological polar surface area (TPSA) is 89.2 Å². The van der Waals surface area contributed by atoms with Crippen LogP contribution in [-0.4, -0.2) is 62.4 Å². The van der Waals surface area contributed by atoms with Gasteiger partial charge in [0.1, 0.15) is 0 Å². The molecule has 7 nitrogen and oxygen atoms in total. The van der Waals surface area contributed by atoms with Crippen LogP contribution in [0.4, 0.5) is 4.79 Å². The maximum absolute atomic E-state index is 11.7. The molecule has 0 aliphatic carbocycles. The molecule has 1 atom stereocenters. The Balaban J connectivity index is 0.00000529. The number of methoxy groups -OCH3 is 1. The first-order valence-corrected chi connectivity index (χ1v) is 8.28. The van der Waals surface area contributed by atoms with Crippen molar-refractivity contribution in [1.82, 2.24) is 10.2 Å². The molecule has 24 heavy (non-hydrogen) atoms. The molecule has 3 N–H and O–H groups in total. The fraction of sp³-hybridized carbons (Fsp3) is 0.875. The third-order valence-corrected chi connectivity index (χ3v) is 4.05. The van der Waals surface area contributed by atoms with Gasteiger partial charge in [-0.25, -0.2) is 4.79 Å². The van der Waals surface area contributed by atoms with Gasteiger partial charge in [0, 0.05) is 26.2 Å². The first-order chi connectivity index (χ1) is 10.8. The highest BCUT2D eigenvalue weighted by Crippen LogP contribution is 2.21. The van der Waals surface area contributed by atoms with E-state index in [0.717, 1.165) is 12.8 Å². The van der Waals surface area contributed by atoms with Gasteiger partial charge >= 0.3 is 6.09 Å². The van der Waals surface area contributed by atoms with E-state index in [0.29, 0.717) is 32.2 Å². The SMILES string of the molecule is CCOC(=O)N1CCC(NC(N)=NCC(OC)C(C)(C)C)CC1.I. The summed E-state index contributed by atoms with van der Waals surface area (Å²) < 4.78 is 10.5. The average Bonchev–Trinajstić information content (AvgIpc) is 2.47. The van der Waals surface area contributed by atoms with Crippen LogP contribution in [0.2, 0.25) is 0 Å². The lowest BCUT2D eigenvalue weighted by molar-refractivity contribution is 0.0241. The summed E-state index contributed by atoms with van der Waals surface area (Å²) in [6.07, 6.45) is 1.46. The molecule has 1 rings (SSSR count). The number of ether oxygens (including phenoxy) is 2. The van der Waals surface area contributed by atoms with Crippen molar-refractivity contribution in [1.29, 1.82) is 0 Å². The third-order valence-electron chi connectivity index (χ3n) is 4.05. The second-order valence-corrected chi connectivity index (χ2v) is 6.92. The zero-order chi connectivity index (χ0) is 17.5. The Morgan fingerprint density at radius 1 is 1.38 bits per heavy atom. The number of rotatable bonds is 5. The number of hydrogen-bond acceptors (Lipinski definition) is 4. The Kier molecular flexibility index (Phi) is 10.6. The van der Waals surface area contributed by atoms with Gasteiger partial charge in [-0.05, 0) is 25.2 Å². The number of likely N-dealkylation sites (tertiary alicyclic amines) is 1. The van der Waals surface area contributed by atoms with Crippen molar-refractivity contribution in [3.8, 4) is 0 Å². The standard InChI is InChI=1S/C16H32N4O3.HI/c1-6-23-15(21)20-9-7-12(8-10-20)19-14(17)18-11-13(22-5)16(2,3)4;/h12-13H,6-11H2,1-5H3,(H3,17,18,19);1H. The maximum atomic E-state index is 11.7. The second kappa shape index (κ2) is 11.0. The molecular weight excluding hydrogens is 423 g/mol. The highest BCUT2D eigenvalue weighted by Gasteiger charge is 2.25. The number of aliphatic imine (C=N–C) groups is 1. The number of carbonyl (C=O) groups excluding carboxylic acids is 1. The minimum atomic E-state index is -0.235. The number of halogens is 1. The van der Waals surface area contributed by atoms with Crippen molar-refractivity contribution >= 4 is 36.0 Å². The number of guanidine groups is 1. The minimum Gasteiger partial charge on any atom is -0.450 e. The largest absolute Gasteiger partial charge is 0.450 e. The molecule has 0 spiro atoms. The molecule has 0 radical (unpaired) electrons. The molecular formula is C16H33IN4O3. The zero-order valence-electron chi connectivity index (χ0n) is 15.5. The molecule has 1 heterocycles. The van der Waals surface area contributed by atoms with E-state index >= 15 is 0 Å². The molecule has 0 aromatic heterocycles. The number of piperidine rings is 1. The van der Waals surface area contributed by atoms with Crippen molar-refractivity contribution < 1.29 is 14.3 Å². The molecule has 142 valence electrons. The molecule has 1 aliphatic heterocycles. The van der Waals surface area contributed by atoms with Crippen molar-refractivity contribution in [3.63, 3.8) is 0 Å². The van der Waals surface area contributed by atoms with E-state index in [1.807, 2.05) is 6.92 Å². The van der Waals surface area contributed by atoms with Crippen molar-refractivity contribution in [2.45, 2.75) is 52.7 Å². The van der Waals surface area contributed by atoms with Gasteiger partial charge in [-0.1, -0.05) is 20.8 Å². The fourth-order valence-corrected chi connectivity index (χ4v) is 2.56. The molecule has 1 unspecified atom stereocenters. The van der Waals surface area contributed by atoms with Crippen molar-refractivity contribution in [2.24, 2.45) is 16.1 Å².